The van der Waals surface area contributed by atoms with Gasteiger partial charge in [0.05, 0.1) is 6.61 Å². The summed E-state index contributed by atoms with van der Waals surface area (Å²) in [5, 5.41) is 8.62. The summed E-state index contributed by atoms with van der Waals surface area (Å²) in [7, 11) is 0. The number of aliphatic hydroxyl groups excluding tert-OH is 1. The molecule has 0 amide bonds. The first-order valence-electron chi connectivity index (χ1n) is 3.93. The van der Waals surface area contributed by atoms with E-state index in [0.717, 1.165) is 6.07 Å². The SMILES string of the molecule is NC(CO)Cc1cc(F)cc(F)c1. The summed E-state index contributed by atoms with van der Waals surface area (Å²) in [5.74, 6) is -1.25. The molecule has 1 rings (SSSR count). The molecule has 0 aliphatic heterocycles. The lowest BCUT2D eigenvalue weighted by Gasteiger charge is -2.07. The van der Waals surface area contributed by atoms with E-state index in [2.05, 4.69) is 0 Å². The Balaban J connectivity index is 2.77. The Morgan fingerprint density at radius 2 is 1.77 bits per heavy atom. The molecule has 0 spiro atoms. The maximum Gasteiger partial charge on any atom is 0.126 e. The molecule has 3 N–H and O–H groups in total. The predicted molar refractivity (Wildman–Crippen MR) is 45.1 cm³/mol. The molecule has 0 aliphatic rings. The molecule has 13 heavy (non-hydrogen) atoms. The molecule has 0 aliphatic carbocycles. The van der Waals surface area contributed by atoms with Crippen molar-refractivity contribution in [1.82, 2.24) is 0 Å². The van der Waals surface area contributed by atoms with Gasteiger partial charge in [0.2, 0.25) is 0 Å². The monoisotopic (exact) mass is 187 g/mol. The molecular weight excluding hydrogens is 176 g/mol. The van der Waals surface area contributed by atoms with Crippen LogP contribution in [0.3, 0.4) is 0 Å². The first-order chi connectivity index (χ1) is 6.11. The second kappa shape index (κ2) is 4.30. The van der Waals surface area contributed by atoms with Gasteiger partial charge in [-0.3, -0.25) is 0 Å². The van der Waals surface area contributed by atoms with Crippen molar-refractivity contribution in [1.29, 1.82) is 0 Å². The number of nitrogens with two attached hydrogens (primary N) is 1. The van der Waals surface area contributed by atoms with Crippen LogP contribution in [-0.2, 0) is 6.42 Å². The first-order valence-corrected chi connectivity index (χ1v) is 3.93. The third kappa shape index (κ3) is 3.08. The molecule has 0 radical (unpaired) electrons. The Morgan fingerprint density at radius 1 is 1.23 bits per heavy atom. The van der Waals surface area contributed by atoms with Crippen molar-refractivity contribution in [3.63, 3.8) is 0 Å². The lowest BCUT2D eigenvalue weighted by Crippen LogP contribution is -2.26. The van der Waals surface area contributed by atoms with Crippen LogP contribution in [-0.4, -0.2) is 17.8 Å². The highest BCUT2D eigenvalue weighted by Crippen LogP contribution is 2.09. The van der Waals surface area contributed by atoms with Crippen LogP contribution in [0.2, 0.25) is 0 Å². The van der Waals surface area contributed by atoms with Crippen molar-refractivity contribution >= 4 is 0 Å². The van der Waals surface area contributed by atoms with Gasteiger partial charge in [-0.15, -0.1) is 0 Å². The van der Waals surface area contributed by atoms with Crippen molar-refractivity contribution in [3.8, 4) is 0 Å². The average molecular weight is 187 g/mol. The van der Waals surface area contributed by atoms with Gasteiger partial charge in [0.15, 0.2) is 0 Å². The molecule has 0 bridgehead atoms. The van der Waals surface area contributed by atoms with E-state index in [4.69, 9.17) is 10.8 Å². The molecule has 2 nitrogen and oxygen atoms in total. The standard InChI is InChI=1S/C9H11F2NO/c10-7-1-6(2-8(11)4-7)3-9(12)5-13/h1-2,4,9,13H,3,5,12H2. The largest absolute Gasteiger partial charge is 0.395 e. The molecule has 0 saturated carbocycles. The predicted octanol–water partition coefficient (Wildman–Crippen LogP) is 0.827. The molecule has 1 aromatic carbocycles. The van der Waals surface area contributed by atoms with E-state index in [-0.39, 0.29) is 13.0 Å². The van der Waals surface area contributed by atoms with Crippen LogP contribution < -0.4 is 5.73 Å². The molecule has 0 fully saturated rings. The molecule has 1 unspecified atom stereocenters. The molecule has 4 heteroatoms. The molecule has 1 aromatic rings. The van der Waals surface area contributed by atoms with Gasteiger partial charge in [-0.25, -0.2) is 8.78 Å². The lowest BCUT2D eigenvalue weighted by atomic mass is 10.1. The maximum absolute atomic E-state index is 12.6. The number of benzene rings is 1. The second-order valence-electron chi connectivity index (χ2n) is 2.92. The van der Waals surface area contributed by atoms with Crippen LogP contribution in [0, 0.1) is 11.6 Å². The van der Waals surface area contributed by atoms with Gasteiger partial charge in [0, 0.05) is 12.1 Å². The Morgan fingerprint density at radius 3 is 2.23 bits per heavy atom. The highest BCUT2D eigenvalue weighted by atomic mass is 19.1. The van der Waals surface area contributed by atoms with Gasteiger partial charge in [-0.1, -0.05) is 0 Å². The van der Waals surface area contributed by atoms with Crippen LogP contribution in [0.5, 0.6) is 0 Å². The fraction of sp³-hybridized carbons (Fsp3) is 0.333. The Labute approximate surface area is 75.0 Å². The highest BCUT2D eigenvalue weighted by Gasteiger charge is 2.05. The van der Waals surface area contributed by atoms with E-state index in [0.29, 0.717) is 5.56 Å². The van der Waals surface area contributed by atoms with Crippen molar-refractivity contribution in [3.05, 3.63) is 35.4 Å². The average Bonchev–Trinajstić information content (AvgIpc) is 2.02. The van der Waals surface area contributed by atoms with E-state index >= 15 is 0 Å². The number of aliphatic hydroxyl groups is 1. The Kier molecular flexibility index (Phi) is 3.33. The van der Waals surface area contributed by atoms with E-state index in [1.165, 1.54) is 12.1 Å². The zero-order valence-electron chi connectivity index (χ0n) is 7.00. The van der Waals surface area contributed by atoms with Crippen molar-refractivity contribution in [2.75, 3.05) is 6.61 Å². The van der Waals surface area contributed by atoms with Crippen LogP contribution >= 0.6 is 0 Å². The molecule has 72 valence electrons. The fourth-order valence-electron chi connectivity index (χ4n) is 1.10. The summed E-state index contributed by atoms with van der Waals surface area (Å²) in [4.78, 5) is 0. The number of halogens is 2. The maximum atomic E-state index is 12.6. The van der Waals surface area contributed by atoms with E-state index in [1.807, 2.05) is 0 Å². The topological polar surface area (TPSA) is 46.2 Å². The van der Waals surface area contributed by atoms with Crippen LogP contribution in [0.15, 0.2) is 18.2 Å². The quantitative estimate of drug-likeness (QED) is 0.736. The van der Waals surface area contributed by atoms with Crippen LogP contribution in [0.4, 0.5) is 8.78 Å². The van der Waals surface area contributed by atoms with Crippen molar-refractivity contribution in [2.24, 2.45) is 5.73 Å². The molecular formula is C9H11F2NO. The zero-order valence-corrected chi connectivity index (χ0v) is 7.00. The highest BCUT2D eigenvalue weighted by molar-refractivity contribution is 5.18. The number of hydrogen-bond acceptors (Lipinski definition) is 2. The minimum Gasteiger partial charge on any atom is -0.395 e. The normalized spacial score (nSPS) is 12.9. The van der Waals surface area contributed by atoms with Crippen molar-refractivity contribution in [2.45, 2.75) is 12.5 Å². The van der Waals surface area contributed by atoms with Gasteiger partial charge in [-0.2, -0.15) is 0 Å². The Bertz CT molecular complexity index is 271. The molecule has 1 atom stereocenters. The van der Waals surface area contributed by atoms with Gasteiger partial charge in [0.1, 0.15) is 11.6 Å². The summed E-state index contributed by atoms with van der Waals surface area (Å²) >= 11 is 0. The molecule has 0 aromatic heterocycles. The van der Waals surface area contributed by atoms with Crippen molar-refractivity contribution < 1.29 is 13.9 Å². The number of hydrogen-bond donors (Lipinski definition) is 2. The smallest absolute Gasteiger partial charge is 0.126 e. The third-order valence-electron chi connectivity index (χ3n) is 1.65. The van der Waals surface area contributed by atoms with E-state index < -0.39 is 17.7 Å². The minimum atomic E-state index is -0.625. The number of rotatable bonds is 3. The van der Waals surface area contributed by atoms with Crippen LogP contribution in [0.25, 0.3) is 0 Å². The third-order valence-corrected chi connectivity index (χ3v) is 1.65. The van der Waals surface area contributed by atoms with E-state index in [1.54, 1.807) is 0 Å². The summed E-state index contributed by atoms with van der Waals surface area (Å²) in [6.45, 7) is -0.196. The van der Waals surface area contributed by atoms with Gasteiger partial charge in [-0.05, 0) is 24.1 Å². The molecule has 0 saturated heterocycles. The summed E-state index contributed by atoms with van der Waals surface area (Å²) in [6.07, 6.45) is 0.269. The second-order valence-corrected chi connectivity index (χ2v) is 2.92. The Hall–Kier alpha value is -1.00. The minimum absolute atomic E-state index is 0.196. The molecule has 0 heterocycles. The van der Waals surface area contributed by atoms with Gasteiger partial charge in [0.25, 0.3) is 0 Å². The summed E-state index contributed by atoms with van der Waals surface area (Å²) in [6, 6.07) is 2.74. The van der Waals surface area contributed by atoms with Gasteiger partial charge < -0.3 is 10.8 Å². The lowest BCUT2D eigenvalue weighted by molar-refractivity contribution is 0.265. The first kappa shape index (κ1) is 10.1. The summed E-state index contributed by atoms with van der Waals surface area (Å²) < 4.78 is 25.3. The van der Waals surface area contributed by atoms with Crippen LogP contribution in [0.1, 0.15) is 5.56 Å². The summed E-state index contributed by atoms with van der Waals surface area (Å²) in [5.41, 5.74) is 5.87. The van der Waals surface area contributed by atoms with Gasteiger partial charge >= 0.3 is 0 Å². The fourth-order valence-corrected chi connectivity index (χ4v) is 1.10. The zero-order chi connectivity index (χ0) is 9.84. The van der Waals surface area contributed by atoms with E-state index in [9.17, 15) is 8.78 Å².